The van der Waals surface area contributed by atoms with Gasteiger partial charge in [0.2, 0.25) is 5.91 Å². The number of carbonyl (C=O) groups excluding carboxylic acids is 1. The van der Waals surface area contributed by atoms with Gasteiger partial charge in [-0.2, -0.15) is 0 Å². The quantitative estimate of drug-likeness (QED) is 0.696. The Morgan fingerprint density at radius 3 is 2.65 bits per heavy atom. The van der Waals surface area contributed by atoms with Crippen LogP contribution in [0.4, 0.5) is 5.69 Å². The summed E-state index contributed by atoms with van der Waals surface area (Å²) < 4.78 is 11.6. The van der Waals surface area contributed by atoms with Crippen LogP contribution in [0.2, 0.25) is 0 Å². The van der Waals surface area contributed by atoms with E-state index in [-0.39, 0.29) is 17.4 Å². The lowest BCUT2D eigenvalue weighted by Crippen LogP contribution is -2.56. The van der Waals surface area contributed by atoms with Crippen molar-refractivity contribution in [3.63, 3.8) is 0 Å². The molecule has 0 aromatic heterocycles. The molecule has 2 aromatic carbocycles. The van der Waals surface area contributed by atoms with E-state index in [4.69, 9.17) is 14.5 Å². The van der Waals surface area contributed by atoms with E-state index in [1.54, 1.807) is 7.11 Å². The first-order chi connectivity index (χ1) is 14.7. The number of aliphatic imine (C=N–C) groups is 1. The summed E-state index contributed by atoms with van der Waals surface area (Å²) in [5, 5.41) is 0. The number of methoxy groups -OCH3 is 1. The third-order valence-electron chi connectivity index (χ3n) is 5.67. The molecule has 2 heterocycles. The van der Waals surface area contributed by atoms with Gasteiger partial charge in [-0.15, -0.1) is 0 Å². The predicted molar refractivity (Wildman–Crippen MR) is 123 cm³/mol. The number of piperazine rings is 1. The van der Waals surface area contributed by atoms with Gasteiger partial charge >= 0.3 is 0 Å². The summed E-state index contributed by atoms with van der Waals surface area (Å²) in [5.41, 5.74) is 1.71. The maximum atomic E-state index is 12.8. The molecule has 0 unspecified atom stereocenters. The van der Waals surface area contributed by atoms with Gasteiger partial charge in [0.15, 0.2) is 5.75 Å². The Balaban J connectivity index is 1.65. The predicted octanol–water partition coefficient (Wildman–Crippen LogP) is 4.85. The number of amides is 1. The monoisotopic (exact) mass is 421 g/mol. The number of hydrogen-bond donors (Lipinski definition) is 0. The molecule has 2 aromatic rings. The van der Waals surface area contributed by atoms with Gasteiger partial charge in [-0.1, -0.05) is 32.9 Å². The van der Waals surface area contributed by atoms with Crippen molar-refractivity contribution in [3.05, 3.63) is 48.0 Å². The lowest BCUT2D eigenvalue weighted by Gasteiger charge is -2.42. The van der Waals surface area contributed by atoms with Crippen LogP contribution in [0.25, 0.3) is 0 Å². The number of nitrogens with zero attached hydrogens (tertiary/aromatic N) is 3. The number of rotatable bonds is 2. The van der Waals surface area contributed by atoms with Crippen LogP contribution in [0.5, 0.6) is 17.2 Å². The molecule has 31 heavy (non-hydrogen) atoms. The number of carbonyl (C=O) groups is 1. The zero-order valence-electron chi connectivity index (χ0n) is 19.0. The highest BCUT2D eigenvalue weighted by atomic mass is 16.5. The molecule has 0 radical (unpaired) electrons. The zero-order chi connectivity index (χ0) is 22.2. The van der Waals surface area contributed by atoms with Crippen LogP contribution < -0.4 is 9.47 Å². The second-order valence-electron chi connectivity index (χ2n) is 9.49. The average molecular weight is 422 g/mol. The highest BCUT2D eigenvalue weighted by Gasteiger charge is 2.32. The summed E-state index contributed by atoms with van der Waals surface area (Å²) >= 11 is 0. The Hall–Kier alpha value is -3.02. The molecule has 1 atom stereocenters. The van der Waals surface area contributed by atoms with E-state index < -0.39 is 0 Å². The lowest BCUT2D eigenvalue weighted by molar-refractivity contribution is -0.136. The fourth-order valence-electron chi connectivity index (χ4n) is 4.14. The number of amidine groups is 1. The van der Waals surface area contributed by atoms with Crippen LogP contribution in [-0.2, 0) is 4.79 Å². The molecule has 2 aliphatic heterocycles. The molecule has 0 spiro atoms. The van der Waals surface area contributed by atoms with E-state index in [2.05, 4.69) is 32.6 Å². The summed E-state index contributed by atoms with van der Waals surface area (Å²) in [5.74, 6) is 3.28. The molecule has 6 nitrogen and oxygen atoms in total. The highest BCUT2D eigenvalue weighted by Crippen LogP contribution is 2.39. The van der Waals surface area contributed by atoms with E-state index >= 15 is 0 Å². The van der Waals surface area contributed by atoms with Crippen molar-refractivity contribution in [1.82, 2.24) is 9.80 Å². The molecule has 0 aliphatic carbocycles. The number of hydrogen-bond acceptors (Lipinski definition) is 5. The van der Waals surface area contributed by atoms with E-state index in [0.29, 0.717) is 13.0 Å². The van der Waals surface area contributed by atoms with Crippen LogP contribution >= 0.6 is 0 Å². The lowest BCUT2D eigenvalue weighted by atomic mass is 9.91. The molecule has 2 aliphatic rings. The van der Waals surface area contributed by atoms with Gasteiger partial charge in [-0.3, -0.25) is 4.79 Å². The van der Waals surface area contributed by atoms with E-state index in [9.17, 15) is 4.79 Å². The van der Waals surface area contributed by atoms with E-state index in [1.165, 1.54) is 0 Å². The summed E-state index contributed by atoms with van der Waals surface area (Å²) in [6.45, 7) is 10.6. The van der Waals surface area contributed by atoms with Crippen molar-refractivity contribution in [2.45, 2.75) is 40.2 Å². The first kappa shape index (κ1) is 21.2. The standard InChI is InChI=1S/C25H31N3O3/c1-17-16-27(12-13-28(17)23(29)15-25(2,3)4)24-19-11-10-18(30-5)14-22(19)31-21-9-7-6-8-20(21)26-24/h6-11,14,17H,12-13,15-16H2,1-5H3/t17-/m0/s1. The molecular weight excluding hydrogens is 390 g/mol. The maximum Gasteiger partial charge on any atom is 0.223 e. The van der Waals surface area contributed by atoms with Gasteiger partial charge in [-0.05, 0) is 36.6 Å². The van der Waals surface area contributed by atoms with Crippen LogP contribution in [0.3, 0.4) is 0 Å². The number of benzene rings is 2. The van der Waals surface area contributed by atoms with Crippen molar-refractivity contribution >= 4 is 17.4 Å². The molecule has 1 saturated heterocycles. The number of ether oxygens (including phenoxy) is 2. The Bertz CT molecular complexity index is 1010. The maximum absolute atomic E-state index is 12.8. The van der Waals surface area contributed by atoms with Crippen molar-refractivity contribution in [3.8, 4) is 17.2 Å². The van der Waals surface area contributed by atoms with E-state index in [1.807, 2.05) is 47.4 Å². The summed E-state index contributed by atoms with van der Waals surface area (Å²) in [4.78, 5) is 22.1. The van der Waals surface area contributed by atoms with Gasteiger partial charge in [0, 0.05) is 38.2 Å². The fraction of sp³-hybridized carbons (Fsp3) is 0.440. The SMILES string of the molecule is COc1ccc2c(c1)Oc1ccccc1N=C2N1CCN(C(=O)CC(C)(C)C)[C@@H](C)C1. The second-order valence-corrected chi connectivity index (χ2v) is 9.49. The molecule has 1 fully saturated rings. The van der Waals surface area contributed by atoms with Crippen LogP contribution in [0.1, 0.15) is 39.7 Å². The number of fused-ring (bicyclic) bond motifs is 2. The first-order valence-corrected chi connectivity index (χ1v) is 10.8. The molecule has 164 valence electrons. The minimum absolute atomic E-state index is 0.0155. The smallest absolute Gasteiger partial charge is 0.223 e. The Morgan fingerprint density at radius 1 is 1.16 bits per heavy atom. The summed E-state index contributed by atoms with van der Waals surface area (Å²) in [7, 11) is 1.65. The summed E-state index contributed by atoms with van der Waals surface area (Å²) in [6.07, 6.45) is 0.558. The molecular formula is C25H31N3O3. The normalized spacial score (nSPS) is 18.4. The van der Waals surface area contributed by atoms with Gasteiger partial charge in [0.05, 0.1) is 12.7 Å². The van der Waals surface area contributed by atoms with Gasteiger partial charge in [0.25, 0.3) is 0 Å². The van der Waals surface area contributed by atoms with Crippen LogP contribution in [0, 0.1) is 5.41 Å². The third kappa shape index (κ3) is 4.53. The van der Waals surface area contributed by atoms with Gasteiger partial charge in [-0.25, -0.2) is 4.99 Å². The van der Waals surface area contributed by atoms with Crippen molar-refractivity contribution in [2.24, 2.45) is 10.4 Å². The number of para-hydroxylation sites is 2. The zero-order valence-corrected chi connectivity index (χ0v) is 19.0. The van der Waals surface area contributed by atoms with E-state index in [0.717, 1.165) is 47.4 Å². The van der Waals surface area contributed by atoms with Crippen molar-refractivity contribution < 1.29 is 14.3 Å². The molecule has 0 bridgehead atoms. The average Bonchev–Trinajstić information content (AvgIpc) is 2.88. The van der Waals surface area contributed by atoms with Crippen molar-refractivity contribution in [2.75, 3.05) is 26.7 Å². The minimum atomic E-state index is -0.0155. The fourth-order valence-corrected chi connectivity index (χ4v) is 4.14. The molecule has 0 saturated carbocycles. The topological polar surface area (TPSA) is 54.4 Å². The molecule has 6 heteroatoms. The third-order valence-corrected chi connectivity index (χ3v) is 5.67. The minimum Gasteiger partial charge on any atom is -0.497 e. The van der Waals surface area contributed by atoms with Crippen LogP contribution in [0.15, 0.2) is 47.5 Å². The van der Waals surface area contributed by atoms with Gasteiger partial charge < -0.3 is 19.3 Å². The molecule has 1 amide bonds. The molecule has 4 rings (SSSR count). The largest absolute Gasteiger partial charge is 0.497 e. The van der Waals surface area contributed by atoms with Gasteiger partial charge in [0.1, 0.15) is 23.0 Å². The second kappa shape index (κ2) is 8.25. The highest BCUT2D eigenvalue weighted by molar-refractivity contribution is 6.04. The van der Waals surface area contributed by atoms with Crippen molar-refractivity contribution in [1.29, 1.82) is 0 Å². The van der Waals surface area contributed by atoms with Crippen LogP contribution in [-0.4, -0.2) is 54.3 Å². The Labute approximate surface area is 184 Å². The molecule has 0 N–H and O–H groups in total. The first-order valence-electron chi connectivity index (χ1n) is 10.8. The summed E-state index contributed by atoms with van der Waals surface area (Å²) in [6, 6.07) is 13.7. The Morgan fingerprint density at radius 2 is 1.94 bits per heavy atom. The Kier molecular flexibility index (Phi) is 5.65.